The third-order valence-corrected chi connectivity index (χ3v) is 2.84. The van der Waals surface area contributed by atoms with Gasteiger partial charge in [0.05, 0.1) is 11.8 Å². The third kappa shape index (κ3) is 2.55. The number of rotatable bonds is 4. The van der Waals surface area contributed by atoms with Gasteiger partial charge < -0.3 is 4.90 Å². The summed E-state index contributed by atoms with van der Waals surface area (Å²) >= 11 is 5.70. The highest BCUT2D eigenvalue weighted by atomic mass is 35.5. The van der Waals surface area contributed by atoms with Gasteiger partial charge in [0, 0.05) is 31.2 Å². The number of carbonyl (C=O) groups is 1. The first-order chi connectivity index (χ1) is 7.49. The molecule has 1 aromatic rings. The molecule has 0 saturated heterocycles. The quantitative estimate of drug-likeness (QED) is 0.757. The lowest BCUT2D eigenvalue weighted by atomic mass is 10.2. The largest absolute Gasteiger partial charge is 0.335 e. The van der Waals surface area contributed by atoms with E-state index in [4.69, 9.17) is 11.6 Å². The summed E-state index contributed by atoms with van der Waals surface area (Å²) in [5.74, 6) is 0.449. The predicted molar refractivity (Wildman–Crippen MR) is 64.8 cm³/mol. The summed E-state index contributed by atoms with van der Waals surface area (Å²) in [5, 5.41) is 4.08. The minimum atomic E-state index is 0.00116. The fourth-order valence-corrected chi connectivity index (χ4v) is 1.73. The first-order valence-electron chi connectivity index (χ1n) is 5.34. The lowest BCUT2D eigenvalue weighted by molar-refractivity contribution is 0.0717. The zero-order valence-electron chi connectivity index (χ0n) is 10.2. The van der Waals surface area contributed by atoms with Crippen LogP contribution < -0.4 is 0 Å². The maximum Gasteiger partial charge on any atom is 0.257 e. The van der Waals surface area contributed by atoms with E-state index >= 15 is 0 Å². The Morgan fingerprint density at radius 3 is 2.62 bits per heavy atom. The van der Waals surface area contributed by atoms with Crippen molar-refractivity contribution in [1.82, 2.24) is 14.7 Å². The molecule has 1 rings (SSSR count). The lowest BCUT2D eigenvalue weighted by Crippen LogP contribution is -2.38. The van der Waals surface area contributed by atoms with Crippen LogP contribution in [-0.4, -0.2) is 39.1 Å². The molecule has 0 aliphatic heterocycles. The van der Waals surface area contributed by atoms with Crippen LogP contribution in [-0.2, 0) is 7.05 Å². The second kappa shape index (κ2) is 5.34. The van der Waals surface area contributed by atoms with E-state index in [0.29, 0.717) is 18.0 Å². The van der Waals surface area contributed by atoms with Crippen molar-refractivity contribution in [1.29, 1.82) is 0 Å². The number of alkyl halides is 1. The Balaban J connectivity index is 2.95. The van der Waals surface area contributed by atoms with Crippen LogP contribution in [0.3, 0.4) is 0 Å². The molecular weight excluding hydrogens is 226 g/mol. The smallest absolute Gasteiger partial charge is 0.257 e. The van der Waals surface area contributed by atoms with E-state index in [-0.39, 0.29) is 11.9 Å². The van der Waals surface area contributed by atoms with E-state index in [0.717, 1.165) is 5.69 Å². The number of nitrogens with zero attached hydrogens (tertiary/aromatic N) is 3. The van der Waals surface area contributed by atoms with Gasteiger partial charge in [-0.15, -0.1) is 11.6 Å². The Labute approximate surface area is 101 Å². The summed E-state index contributed by atoms with van der Waals surface area (Å²) in [6.07, 6.45) is 1.61. The van der Waals surface area contributed by atoms with E-state index in [1.807, 2.05) is 27.8 Å². The average Bonchev–Trinajstić information content (AvgIpc) is 2.55. The zero-order valence-corrected chi connectivity index (χ0v) is 11.0. The molecule has 1 heterocycles. The number of hydrogen-bond donors (Lipinski definition) is 0. The summed E-state index contributed by atoms with van der Waals surface area (Å²) in [6.45, 7) is 6.41. The fraction of sp³-hybridized carbons (Fsp3) is 0.636. The van der Waals surface area contributed by atoms with Gasteiger partial charge in [-0.1, -0.05) is 0 Å². The average molecular weight is 244 g/mol. The summed E-state index contributed by atoms with van der Waals surface area (Å²) in [7, 11) is 1.83. The highest BCUT2D eigenvalue weighted by Gasteiger charge is 2.21. The molecule has 0 bridgehead atoms. The number of amides is 1. The molecule has 4 nitrogen and oxygen atoms in total. The van der Waals surface area contributed by atoms with E-state index in [9.17, 15) is 4.79 Å². The predicted octanol–water partition coefficient (Wildman–Crippen LogP) is 1.82. The fourth-order valence-electron chi connectivity index (χ4n) is 1.55. The minimum absolute atomic E-state index is 0.00116. The van der Waals surface area contributed by atoms with E-state index in [1.54, 1.807) is 15.8 Å². The van der Waals surface area contributed by atoms with E-state index in [1.165, 1.54) is 0 Å². The Morgan fingerprint density at radius 1 is 1.62 bits per heavy atom. The minimum Gasteiger partial charge on any atom is -0.335 e. The molecule has 0 spiro atoms. The molecule has 16 heavy (non-hydrogen) atoms. The van der Waals surface area contributed by atoms with Crippen molar-refractivity contribution in [2.24, 2.45) is 7.05 Å². The highest BCUT2D eigenvalue weighted by molar-refractivity contribution is 6.18. The molecule has 0 N–H and O–H groups in total. The maximum atomic E-state index is 12.2. The number of aromatic nitrogens is 2. The molecule has 90 valence electrons. The van der Waals surface area contributed by atoms with Crippen LogP contribution in [0.25, 0.3) is 0 Å². The molecule has 0 aliphatic rings. The second-order valence-electron chi connectivity index (χ2n) is 4.05. The number of halogens is 1. The van der Waals surface area contributed by atoms with Gasteiger partial charge in [-0.25, -0.2) is 0 Å². The molecular formula is C11H18ClN3O. The topological polar surface area (TPSA) is 38.1 Å². The first-order valence-corrected chi connectivity index (χ1v) is 5.88. The van der Waals surface area contributed by atoms with Gasteiger partial charge in [-0.2, -0.15) is 5.10 Å². The van der Waals surface area contributed by atoms with Crippen molar-refractivity contribution in [2.45, 2.75) is 26.8 Å². The van der Waals surface area contributed by atoms with Gasteiger partial charge in [0.25, 0.3) is 5.91 Å². The number of carbonyl (C=O) groups excluding carboxylic acids is 1. The van der Waals surface area contributed by atoms with Gasteiger partial charge in [0.15, 0.2) is 0 Å². The van der Waals surface area contributed by atoms with Crippen LogP contribution in [0.5, 0.6) is 0 Å². The molecule has 0 unspecified atom stereocenters. The standard InChI is InChI=1S/C11H18ClN3O/c1-8(2)15(6-5-12)11(16)10-7-13-14(4)9(10)3/h7-8H,5-6H2,1-4H3. The lowest BCUT2D eigenvalue weighted by Gasteiger charge is -2.25. The molecule has 1 amide bonds. The van der Waals surface area contributed by atoms with Gasteiger partial charge in [-0.3, -0.25) is 9.48 Å². The molecule has 0 radical (unpaired) electrons. The third-order valence-electron chi connectivity index (χ3n) is 2.68. The summed E-state index contributed by atoms with van der Waals surface area (Å²) in [4.78, 5) is 14.0. The Bertz CT molecular complexity index is 373. The van der Waals surface area contributed by atoms with Crippen LogP contribution >= 0.6 is 11.6 Å². The van der Waals surface area contributed by atoms with Crippen molar-refractivity contribution >= 4 is 17.5 Å². The van der Waals surface area contributed by atoms with E-state index in [2.05, 4.69) is 5.10 Å². The van der Waals surface area contributed by atoms with Gasteiger partial charge >= 0.3 is 0 Å². The van der Waals surface area contributed by atoms with E-state index < -0.39 is 0 Å². The maximum absolute atomic E-state index is 12.2. The molecule has 0 fully saturated rings. The summed E-state index contributed by atoms with van der Waals surface area (Å²) in [5.41, 5.74) is 1.53. The summed E-state index contributed by atoms with van der Waals surface area (Å²) < 4.78 is 1.70. The van der Waals surface area contributed by atoms with Crippen molar-refractivity contribution in [3.63, 3.8) is 0 Å². The normalized spacial score (nSPS) is 10.9. The van der Waals surface area contributed by atoms with Crippen LogP contribution in [0, 0.1) is 6.92 Å². The molecule has 0 aromatic carbocycles. The van der Waals surface area contributed by atoms with Crippen LogP contribution in [0.4, 0.5) is 0 Å². The highest BCUT2D eigenvalue weighted by Crippen LogP contribution is 2.12. The molecule has 5 heteroatoms. The van der Waals surface area contributed by atoms with Gasteiger partial charge in [0.1, 0.15) is 0 Å². The van der Waals surface area contributed by atoms with Gasteiger partial charge in [-0.05, 0) is 20.8 Å². The molecule has 1 aromatic heterocycles. The van der Waals surface area contributed by atoms with Crippen molar-refractivity contribution < 1.29 is 4.79 Å². The van der Waals surface area contributed by atoms with Gasteiger partial charge in [0.2, 0.25) is 0 Å². The SMILES string of the molecule is Cc1c(C(=O)N(CCCl)C(C)C)cnn1C. The Kier molecular flexibility index (Phi) is 4.35. The van der Waals surface area contributed by atoms with Crippen LogP contribution in [0.2, 0.25) is 0 Å². The van der Waals surface area contributed by atoms with Crippen molar-refractivity contribution in [3.05, 3.63) is 17.5 Å². The number of hydrogen-bond acceptors (Lipinski definition) is 2. The zero-order chi connectivity index (χ0) is 12.3. The monoisotopic (exact) mass is 243 g/mol. The first kappa shape index (κ1) is 13.0. The second-order valence-corrected chi connectivity index (χ2v) is 4.43. The Hall–Kier alpha value is -1.03. The Morgan fingerprint density at radius 2 is 2.25 bits per heavy atom. The van der Waals surface area contributed by atoms with Crippen molar-refractivity contribution in [2.75, 3.05) is 12.4 Å². The molecule has 0 atom stereocenters. The molecule has 0 saturated carbocycles. The number of aryl methyl sites for hydroxylation is 1. The van der Waals surface area contributed by atoms with Crippen LogP contribution in [0.1, 0.15) is 29.9 Å². The molecule has 0 aliphatic carbocycles. The van der Waals surface area contributed by atoms with Crippen LogP contribution in [0.15, 0.2) is 6.20 Å². The van der Waals surface area contributed by atoms with Crippen molar-refractivity contribution in [3.8, 4) is 0 Å². The summed E-state index contributed by atoms with van der Waals surface area (Å²) in [6, 6.07) is 0.144.